The fourth-order valence-electron chi connectivity index (χ4n) is 1.37. The number of ether oxygens (including phenoxy) is 1. The van der Waals surface area contributed by atoms with Crippen LogP contribution in [-0.2, 0) is 4.74 Å². The maximum Gasteiger partial charge on any atom is 0.341 e. The van der Waals surface area contributed by atoms with Gasteiger partial charge in [0.05, 0.1) is 7.11 Å². The monoisotopic (exact) mass is 208 g/mol. The van der Waals surface area contributed by atoms with Crippen LogP contribution in [0.4, 0.5) is 0 Å². The highest BCUT2D eigenvalue weighted by molar-refractivity contribution is 5.92. The van der Waals surface area contributed by atoms with Crippen molar-refractivity contribution in [2.75, 3.05) is 7.11 Å². The van der Waals surface area contributed by atoms with Crippen LogP contribution in [0.1, 0.15) is 42.1 Å². The first-order chi connectivity index (χ1) is 7.10. The Labute approximate surface area is 89.7 Å². The Hall–Kier alpha value is -1.51. The molecule has 3 heteroatoms. The third-order valence-electron chi connectivity index (χ3n) is 2.61. The van der Waals surface area contributed by atoms with Crippen molar-refractivity contribution in [2.24, 2.45) is 0 Å². The molecule has 0 fully saturated rings. The Balaban J connectivity index is 3.03. The van der Waals surface area contributed by atoms with Gasteiger partial charge in [0, 0.05) is 0 Å². The number of methoxy groups -OCH3 is 1. The molecule has 0 aliphatic heterocycles. The number of carbonyl (C=O) groups excluding carboxylic acids is 1. The second-order valence-corrected chi connectivity index (χ2v) is 3.58. The van der Waals surface area contributed by atoms with Crippen LogP contribution in [-0.4, -0.2) is 18.2 Å². The Bertz CT molecular complexity index is 358. The second kappa shape index (κ2) is 4.82. The van der Waals surface area contributed by atoms with Crippen LogP contribution in [0, 0.1) is 0 Å². The minimum atomic E-state index is -0.511. The first-order valence-electron chi connectivity index (χ1n) is 5.01. The summed E-state index contributed by atoms with van der Waals surface area (Å²) >= 11 is 0. The number of carbonyl (C=O) groups is 1. The Morgan fingerprint density at radius 2 is 2.20 bits per heavy atom. The van der Waals surface area contributed by atoms with Gasteiger partial charge in [0.2, 0.25) is 0 Å². The van der Waals surface area contributed by atoms with E-state index >= 15 is 0 Å². The summed E-state index contributed by atoms with van der Waals surface area (Å²) in [5, 5.41) is 9.64. The Morgan fingerprint density at radius 1 is 1.53 bits per heavy atom. The number of hydrogen-bond acceptors (Lipinski definition) is 3. The predicted octanol–water partition coefficient (Wildman–Crippen LogP) is 2.69. The van der Waals surface area contributed by atoms with Gasteiger partial charge < -0.3 is 9.84 Å². The van der Waals surface area contributed by atoms with E-state index in [4.69, 9.17) is 0 Å². The third kappa shape index (κ3) is 2.49. The van der Waals surface area contributed by atoms with E-state index in [0.717, 1.165) is 12.0 Å². The topological polar surface area (TPSA) is 46.5 Å². The van der Waals surface area contributed by atoms with E-state index in [1.807, 2.05) is 6.07 Å². The van der Waals surface area contributed by atoms with Crippen LogP contribution in [0.15, 0.2) is 18.2 Å². The standard InChI is InChI=1S/C12H16O3/c1-4-8(2)9-5-6-10(11(13)7-9)12(14)15-3/h5-8,13H,4H2,1-3H3. The highest BCUT2D eigenvalue weighted by Crippen LogP contribution is 2.25. The molecular formula is C12H16O3. The van der Waals surface area contributed by atoms with E-state index < -0.39 is 5.97 Å². The van der Waals surface area contributed by atoms with Gasteiger partial charge in [-0.2, -0.15) is 0 Å². The zero-order valence-electron chi connectivity index (χ0n) is 9.28. The summed E-state index contributed by atoms with van der Waals surface area (Å²) in [5.74, 6) is -0.148. The number of phenols is 1. The van der Waals surface area contributed by atoms with E-state index in [1.165, 1.54) is 7.11 Å². The molecule has 82 valence electrons. The maximum atomic E-state index is 11.2. The average molecular weight is 208 g/mol. The summed E-state index contributed by atoms with van der Waals surface area (Å²) in [5.41, 5.74) is 1.24. The number of phenolic OH excluding ortho intramolecular Hbond substituents is 1. The minimum absolute atomic E-state index is 0.0142. The van der Waals surface area contributed by atoms with Crippen molar-refractivity contribution in [3.8, 4) is 5.75 Å². The molecule has 0 aromatic heterocycles. The van der Waals surface area contributed by atoms with Crippen molar-refractivity contribution in [1.82, 2.24) is 0 Å². The summed E-state index contributed by atoms with van der Waals surface area (Å²) < 4.78 is 4.54. The number of esters is 1. The van der Waals surface area contributed by atoms with Crippen LogP contribution in [0.2, 0.25) is 0 Å². The maximum absolute atomic E-state index is 11.2. The molecule has 0 aliphatic carbocycles. The molecule has 1 rings (SSSR count). The highest BCUT2D eigenvalue weighted by atomic mass is 16.5. The number of rotatable bonds is 3. The molecule has 15 heavy (non-hydrogen) atoms. The van der Waals surface area contributed by atoms with Gasteiger partial charge in [-0.25, -0.2) is 4.79 Å². The smallest absolute Gasteiger partial charge is 0.341 e. The molecule has 1 atom stereocenters. The quantitative estimate of drug-likeness (QED) is 0.777. The van der Waals surface area contributed by atoms with Gasteiger partial charge in [-0.05, 0) is 30.0 Å². The normalized spacial score (nSPS) is 12.2. The van der Waals surface area contributed by atoms with Crippen molar-refractivity contribution < 1.29 is 14.6 Å². The lowest BCUT2D eigenvalue weighted by Crippen LogP contribution is -2.02. The molecule has 0 heterocycles. The van der Waals surface area contributed by atoms with Crippen LogP contribution in [0.25, 0.3) is 0 Å². The largest absolute Gasteiger partial charge is 0.507 e. The van der Waals surface area contributed by atoms with E-state index in [9.17, 15) is 9.90 Å². The second-order valence-electron chi connectivity index (χ2n) is 3.58. The van der Waals surface area contributed by atoms with Crippen LogP contribution in [0.3, 0.4) is 0 Å². The van der Waals surface area contributed by atoms with E-state index in [0.29, 0.717) is 5.92 Å². The Kier molecular flexibility index (Phi) is 3.72. The molecule has 1 unspecified atom stereocenters. The van der Waals surface area contributed by atoms with Crippen molar-refractivity contribution in [2.45, 2.75) is 26.2 Å². The summed E-state index contributed by atoms with van der Waals surface area (Å²) in [6.07, 6.45) is 0.997. The van der Waals surface area contributed by atoms with Crippen molar-refractivity contribution in [1.29, 1.82) is 0 Å². The zero-order chi connectivity index (χ0) is 11.4. The van der Waals surface area contributed by atoms with E-state index in [-0.39, 0.29) is 11.3 Å². The lowest BCUT2D eigenvalue weighted by atomic mass is 9.97. The predicted molar refractivity (Wildman–Crippen MR) is 58.2 cm³/mol. The minimum Gasteiger partial charge on any atom is -0.507 e. The van der Waals surface area contributed by atoms with Gasteiger partial charge in [0.25, 0.3) is 0 Å². The van der Waals surface area contributed by atoms with Crippen LogP contribution >= 0.6 is 0 Å². The third-order valence-corrected chi connectivity index (χ3v) is 2.61. The van der Waals surface area contributed by atoms with Crippen LogP contribution < -0.4 is 0 Å². The van der Waals surface area contributed by atoms with Crippen molar-refractivity contribution in [3.05, 3.63) is 29.3 Å². The molecule has 0 aliphatic rings. The first kappa shape index (κ1) is 11.6. The Morgan fingerprint density at radius 3 is 2.67 bits per heavy atom. The fraction of sp³-hybridized carbons (Fsp3) is 0.417. The van der Waals surface area contributed by atoms with Gasteiger partial charge in [-0.1, -0.05) is 19.9 Å². The van der Waals surface area contributed by atoms with E-state index in [1.54, 1.807) is 12.1 Å². The summed E-state index contributed by atoms with van der Waals surface area (Å²) in [7, 11) is 1.30. The van der Waals surface area contributed by atoms with E-state index in [2.05, 4.69) is 18.6 Å². The number of aromatic hydroxyl groups is 1. The molecule has 1 N–H and O–H groups in total. The van der Waals surface area contributed by atoms with Gasteiger partial charge in [-0.15, -0.1) is 0 Å². The van der Waals surface area contributed by atoms with Crippen LogP contribution in [0.5, 0.6) is 5.75 Å². The molecule has 0 saturated carbocycles. The molecule has 0 saturated heterocycles. The first-order valence-corrected chi connectivity index (χ1v) is 5.01. The van der Waals surface area contributed by atoms with Gasteiger partial charge in [0.15, 0.2) is 0 Å². The number of benzene rings is 1. The zero-order valence-corrected chi connectivity index (χ0v) is 9.28. The molecular weight excluding hydrogens is 192 g/mol. The summed E-state index contributed by atoms with van der Waals surface area (Å²) in [6, 6.07) is 5.07. The number of hydrogen-bond donors (Lipinski definition) is 1. The molecule has 1 aromatic rings. The molecule has 0 radical (unpaired) electrons. The van der Waals surface area contributed by atoms with Crippen molar-refractivity contribution >= 4 is 5.97 Å². The molecule has 1 aromatic carbocycles. The van der Waals surface area contributed by atoms with Gasteiger partial charge >= 0.3 is 5.97 Å². The SMILES string of the molecule is CCC(C)c1ccc(C(=O)OC)c(O)c1. The molecule has 0 spiro atoms. The van der Waals surface area contributed by atoms with Gasteiger partial charge in [-0.3, -0.25) is 0 Å². The molecule has 0 bridgehead atoms. The highest BCUT2D eigenvalue weighted by Gasteiger charge is 2.13. The fourth-order valence-corrected chi connectivity index (χ4v) is 1.37. The summed E-state index contributed by atoms with van der Waals surface area (Å²) in [4.78, 5) is 11.2. The van der Waals surface area contributed by atoms with Gasteiger partial charge in [0.1, 0.15) is 11.3 Å². The summed E-state index contributed by atoms with van der Waals surface area (Å²) in [6.45, 7) is 4.16. The average Bonchev–Trinajstić information content (AvgIpc) is 2.26. The molecule has 0 amide bonds. The van der Waals surface area contributed by atoms with Crippen molar-refractivity contribution in [3.63, 3.8) is 0 Å². The molecule has 3 nitrogen and oxygen atoms in total. The lowest BCUT2D eigenvalue weighted by molar-refractivity contribution is 0.0597. The lowest BCUT2D eigenvalue weighted by Gasteiger charge is -2.10.